The smallest absolute Gasteiger partial charge is 0.235 e. The molecule has 1 aromatic heterocycles. The molecule has 2 rings (SSSR count). The van der Waals surface area contributed by atoms with Gasteiger partial charge in [-0.05, 0) is 31.4 Å². The zero-order valence-electron chi connectivity index (χ0n) is 8.50. The van der Waals surface area contributed by atoms with E-state index in [4.69, 9.17) is 23.2 Å². The fourth-order valence-electron chi connectivity index (χ4n) is 1.32. The van der Waals surface area contributed by atoms with E-state index in [1.54, 1.807) is 13.0 Å². The van der Waals surface area contributed by atoms with E-state index in [1.165, 1.54) is 0 Å². The summed E-state index contributed by atoms with van der Waals surface area (Å²) in [4.78, 5) is 3.80. The molecule has 1 aromatic rings. The topological polar surface area (TPSA) is 59.1 Å². The Morgan fingerprint density at radius 2 is 2.06 bits per heavy atom. The molecular formula is C9H10Cl2N2O2S. The molecule has 1 aliphatic rings. The number of anilines is 1. The van der Waals surface area contributed by atoms with Crippen molar-refractivity contribution in [2.45, 2.75) is 25.0 Å². The lowest BCUT2D eigenvalue weighted by Gasteiger charge is -2.11. The Kier molecular flexibility index (Phi) is 3.03. The van der Waals surface area contributed by atoms with Crippen molar-refractivity contribution in [3.8, 4) is 0 Å². The minimum atomic E-state index is -3.32. The Labute approximate surface area is 104 Å². The van der Waals surface area contributed by atoms with Crippen LogP contribution in [0.1, 0.15) is 18.4 Å². The van der Waals surface area contributed by atoms with Crippen molar-refractivity contribution in [2.24, 2.45) is 0 Å². The highest BCUT2D eigenvalue weighted by Crippen LogP contribution is 2.33. The largest absolute Gasteiger partial charge is 0.280 e. The second-order valence-corrected chi connectivity index (χ2v) is 6.48. The molecular weight excluding hydrogens is 271 g/mol. The van der Waals surface area contributed by atoms with E-state index in [9.17, 15) is 8.42 Å². The molecule has 4 nitrogen and oxygen atoms in total. The summed E-state index contributed by atoms with van der Waals surface area (Å²) in [5.41, 5.74) is 0.979. The van der Waals surface area contributed by atoms with Gasteiger partial charge in [0.2, 0.25) is 10.0 Å². The molecule has 88 valence electrons. The number of pyridine rings is 1. The molecule has 0 saturated heterocycles. The van der Waals surface area contributed by atoms with Gasteiger partial charge in [0, 0.05) is 0 Å². The lowest BCUT2D eigenvalue weighted by Crippen LogP contribution is -2.18. The van der Waals surface area contributed by atoms with Crippen LogP contribution in [0.25, 0.3) is 0 Å². The van der Waals surface area contributed by atoms with Gasteiger partial charge in [0.15, 0.2) is 5.15 Å². The highest BCUT2D eigenvalue weighted by molar-refractivity contribution is 7.93. The van der Waals surface area contributed by atoms with Gasteiger partial charge in [-0.25, -0.2) is 13.4 Å². The third kappa shape index (κ3) is 2.42. The van der Waals surface area contributed by atoms with Crippen molar-refractivity contribution in [3.63, 3.8) is 0 Å². The summed E-state index contributed by atoms with van der Waals surface area (Å²) in [5.74, 6) is 0. The molecule has 0 atom stereocenters. The molecule has 0 radical (unpaired) electrons. The maximum Gasteiger partial charge on any atom is 0.235 e. The first-order chi connectivity index (χ1) is 7.40. The van der Waals surface area contributed by atoms with Gasteiger partial charge in [-0.2, -0.15) is 0 Å². The SMILES string of the molecule is Cc1cc(Cl)nc(Cl)c1NS(=O)(=O)C1CC1. The Balaban J connectivity index is 2.34. The first kappa shape index (κ1) is 12.0. The lowest BCUT2D eigenvalue weighted by atomic mass is 10.3. The summed E-state index contributed by atoms with van der Waals surface area (Å²) in [6.45, 7) is 1.73. The van der Waals surface area contributed by atoms with Crippen molar-refractivity contribution in [3.05, 3.63) is 21.9 Å². The molecule has 0 amide bonds. The van der Waals surface area contributed by atoms with Crippen molar-refractivity contribution in [1.82, 2.24) is 4.98 Å². The molecule has 16 heavy (non-hydrogen) atoms. The van der Waals surface area contributed by atoms with Gasteiger partial charge in [0.1, 0.15) is 5.15 Å². The number of aromatic nitrogens is 1. The van der Waals surface area contributed by atoms with E-state index >= 15 is 0 Å². The first-order valence-corrected chi connectivity index (χ1v) is 7.04. The van der Waals surface area contributed by atoms with E-state index < -0.39 is 10.0 Å². The molecule has 0 bridgehead atoms. The van der Waals surface area contributed by atoms with Crippen LogP contribution in [0.15, 0.2) is 6.07 Å². The number of halogens is 2. The number of hydrogen-bond donors (Lipinski definition) is 1. The molecule has 1 heterocycles. The fraction of sp³-hybridized carbons (Fsp3) is 0.444. The predicted molar refractivity (Wildman–Crippen MR) is 64.6 cm³/mol. The highest BCUT2D eigenvalue weighted by atomic mass is 35.5. The van der Waals surface area contributed by atoms with Gasteiger partial charge >= 0.3 is 0 Å². The third-order valence-corrected chi connectivity index (χ3v) is 4.65. The summed E-state index contributed by atoms with van der Waals surface area (Å²) in [7, 11) is -3.32. The summed E-state index contributed by atoms with van der Waals surface area (Å²) >= 11 is 11.5. The van der Waals surface area contributed by atoms with E-state index in [0.29, 0.717) is 24.1 Å². The molecule has 0 unspecified atom stereocenters. The number of nitrogens with one attached hydrogen (secondary N) is 1. The van der Waals surface area contributed by atoms with Gasteiger partial charge in [0.25, 0.3) is 0 Å². The van der Waals surface area contributed by atoms with Crippen LogP contribution in [-0.2, 0) is 10.0 Å². The molecule has 1 fully saturated rings. The minimum absolute atomic E-state index is 0.0780. The molecule has 7 heteroatoms. The standard InChI is InChI=1S/C9H10Cl2N2O2S/c1-5-4-7(10)12-9(11)8(5)13-16(14,15)6-2-3-6/h4,6,13H,2-3H2,1H3. The van der Waals surface area contributed by atoms with Crippen LogP contribution in [0.5, 0.6) is 0 Å². The van der Waals surface area contributed by atoms with Crippen LogP contribution >= 0.6 is 23.2 Å². The van der Waals surface area contributed by atoms with Crippen LogP contribution in [0, 0.1) is 6.92 Å². The molecule has 0 aliphatic heterocycles. The zero-order chi connectivity index (χ0) is 11.9. The highest BCUT2D eigenvalue weighted by Gasteiger charge is 2.36. The van der Waals surface area contributed by atoms with Crippen LogP contribution in [0.3, 0.4) is 0 Å². The van der Waals surface area contributed by atoms with Gasteiger partial charge in [-0.3, -0.25) is 4.72 Å². The number of hydrogen-bond acceptors (Lipinski definition) is 3. The van der Waals surface area contributed by atoms with Crippen molar-refractivity contribution >= 4 is 38.9 Å². The lowest BCUT2D eigenvalue weighted by molar-refractivity contribution is 0.600. The van der Waals surface area contributed by atoms with E-state index in [1.807, 2.05) is 0 Å². The number of rotatable bonds is 3. The Morgan fingerprint density at radius 1 is 1.44 bits per heavy atom. The Hall–Kier alpha value is -0.520. The first-order valence-electron chi connectivity index (χ1n) is 4.74. The molecule has 0 aromatic carbocycles. The zero-order valence-corrected chi connectivity index (χ0v) is 10.8. The maximum atomic E-state index is 11.7. The Morgan fingerprint density at radius 3 is 2.56 bits per heavy atom. The van der Waals surface area contributed by atoms with Crippen LogP contribution < -0.4 is 4.72 Å². The number of sulfonamides is 1. The minimum Gasteiger partial charge on any atom is -0.280 e. The molecule has 0 spiro atoms. The quantitative estimate of drug-likeness (QED) is 0.866. The Bertz CT molecular complexity index is 503. The predicted octanol–water partition coefficient (Wildman–Crippen LogP) is 2.60. The third-order valence-electron chi connectivity index (χ3n) is 2.35. The van der Waals surface area contributed by atoms with E-state index in [2.05, 4.69) is 9.71 Å². The second kappa shape index (κ2) is 4.05. The van der Waals surface area contributed by atoms with Gasteiger partial charge in [0.05, 0.1) is 10.9 Å². The van der Waals surface area contributed by atoms with Gasteiger partial charge in [-0.1, -0.05) is 23.2 Å². The number of aryl methyl sites for hydroxylation is 1. The van der Waals surface area contributed by atoms with E-state index in [-0.39, 0.29) is 15.6 Å². The molecule has 1 N–H and O–H groups in total. The average molecular weight is 281 g/mol. The maximum absolute atomic E-state index is 11.7. The second-order valence-electron chi connectivity index (χ2n) is 3.77. The van der Waals surface area contributed by atoms with Gasteiger partial charge in [-0.15, -0.1) is 0 Å². The van der Waals surface area contributed by atoms with Crippen LogP contribution in [0.4, 0.5) is 5.69 Å². The summed E-state index contributed by atoms with van der Waals surface area (Å²) in [6.07, 6.45) is 1.40. The van der Waals surface area contributed by atoms with Crippen molar-refractivity contribution < 1.29 is 8.42 Å². The normalized spacial score (nSPS) is 16.2. The van der Waals surface area contributed by atoms with Crippen LogP contribution in [0.2, 0.25) is 10.3 Å². The monoisotopic (exact) mass is 280 g/mol. The van der Waals surface area contributed by atoms with Crippen molar-refractivity contribution in [1.29, 1.82) is 0 Å². The molecule has 1 saturated carbocycles. The average Bonchev–Trinajstić information content (AvgIpc) is 2.94. The summed E-state index contributed by atoms with van der Waals surface area (Å²) < 4.78 is 25.9. The van der Waals surface area contributed by atoms with Crippen LogP contribution in [-0.4, -0.2) is 18.7 Å². The summed E-state index contributed by atoms with van der Waals surface area (Å²) in [5, 5.41) is 0.0322. The number of nitrogens with zero attached hydrogens (tertiary/aromatic N) is 1. The van der Waals surface area contributed by atoms with Gasteiger partial charge < -0.3 is 0 Å². The van der Waals surface area contributed by atoms with E-state index in [0.717, 1.165) is 0 Å². The molecule has 1 aliphatic carbocycles. The summed E-state index contributed by atoms with van der Waals surface area (Å²) in [6, 6.07) is 1.57. The fourth-order valence-corrected chi connectivity index (χ4v) is 3.42. The van der Waals surface area contributed by atoms with Crippen molar-refractivity contribution in [2.75, 3.05) is 4.72 Å².